The van der Waals surface area contributed by atoms with Gasteiger partial charge >= 0.3 is 0 Å². The fourth-order valence-corrected chi connectivity index (χ4v) is 3.21. The Kier molecular flexibility index (Phi) is 4.29. The largest absolute Gasteiger partial charge is 0.495 e. The smallest absolute Gasteiger partial charge is 0.277 e. The number of pyridine rings is 1. The van der Waals surface area contributed by atoms with E-state index in [2.05, 4.69) is 21.3 Å². The van der Waals surface area contributed by atoms with Crippen molar-refractivity contribution >= 4 is 17.4 Å². The molecule has 26 heavy (non-hydrogen) atoms. The van der Waals surface area contributed by atoms with Crippen molar-refractivity contribution in [3.63, 3.8) is 0 Å². The number of nitriles is 1. The number of fused-ring (bicyclic) bond motifs is 1. The SMILES string of the molecule is COc1ccc(CSc2nnc(-c3ccc4nccn4c3)o2)cc1C#N. The average molecular weight is 363 g/mol. The zero-order valence-corrected chi connectivity index (χ0v) is 14.6. The Balaban J connectivity index is 1.49. The zero-order valence-electron chi connectivity index (χ0n) is 13.8. The molecule has 0 aliphatic rings. The molecule has 0 aliphatic carbocycles. The number of rotatable bonds is 5. The van der Waals surface area contributed by atoms with Crippen LogP contribution in [0.2, 0.25) is 0 Å². The van der Waals surface area contributed by atoms with Gasteiger partial charge in [0.15, 0.2) is 0 Å². The standard InChI is InChI=1S/C18H13N5O2S/c1-24-15-4-2-12(8-14(15)9-19)11-26-18-22-21-17(25-18)13-3-5-16-20-6-7-23(16)10-13/h2-8,10H,11H2,1H3. The molecule has 0 aliphatic heterocycles. The third-order valence-electron chi connectivity index (χ3n) is 3.79. The van der Waals surface area contributed by atoms with Crippen molar-refractivity contribution < 1.29 is 9.15 Å². The topological polar surface area (TPSA) is 89.2 Å². The maximum atomic E-state index is 9.16. The first-order chi connectivity index (χ1) is 12.8. The van der Waals surface area contributed by atoms with Crippen molar-refractivity contribution in [2.45, 2.75) is 11.0 Å². The molecule has 0 saturated carbocycles. The fourth-order valence-electron chi connectivity index (χ4n) is 2.51. The van der Waals surface area contributed by atoms with E-state index >= 15 is 0 Å². The van der Waals surface area contributed by atoms with Crippen LogP contribution < -0.4 is 4.74 Å². The van der Waals surface area contributed by atoms with Crippen LogP contribution in [0, 0.1) is 11.3 Å². The average Bonchev–Trinajstić information content (AvgIpc) is 3.34. The number of ether oxygens (including phenoxy) is 1. The maximum absolute atomic E-state index is 9.16. The molecule has 0 amide bonds. The summed E-state index contributed by atoms with van der Waals surface area (Å²) in [6, 6.07) is 11.4. The highest BCUT2D eigenvalue weighted by Crippen LogP contribution is 2.27. The first-order valence-electron chi connectivity index (χ1n) is 7.73. The lowest BCUT2D eigenvalue weighted by atomic mass is 10.1. The molecule has 3 aromatic heterocycles. The maximum Gasteiger partial charge on any atom is 0.277 e. The summed E-state index contributed by atoms with van der Waals surface area (Å²) in [5.41, 5.74) is 3.17. The molecule has 4 rings (SSSR count). The van der Waals surface area contributed by atoms with Gasteiger partial charge in [0.1, 0.15) is 17.5 Å². The van der Waals surface area contributed by atoms with Gasteiger partial charge in [0.25, 0.3) is 5.22 Å². The Hall–Kier alpha value is -3.31. The molecule has 0 spiro atoms. The molecular formula is C18H13N5O2S. The first kappa shape index (κ1) is 16.2. The van der Waals surface area contributed by atoms with Crippen molar-refractivity contribution in [1.29, 1.82) is 5.26 Å². The van der Waals surface area contributed by atoms with E-state index in [0.717, 1.165) is 16.8 Å². The van der Waals surface area contributed by atoms with Crippen LogP contribution in [0.25, 0.3) is 17.1 Å². The molecule has 128 valence electrons. The molecule has 3 heterocycles. The predicted molar refractivity (Wildman–Crippen MR) is 95.8 cm³/mol. The van der Waals surface area contributed by atoms with Crippen LogP contribution in [0.1, 0.15) is 11.1 Å². The summed E-state index contributed by atoms with van der Waals surface area (Å²) in [4.78, 5) is 4.21. The van der Waals surface area contributed by atoms with Gasteiger partial charge in [-0.1, -0.05) is 17.8 Å². The van der Waals surface area contributed by atoms with E-state index in [0.29, 0.717) is 28.2 Å². The van der Waals surface area contributed by atoms with Gasteiger partial charge in [0, 0.05) is 24.3 Å². The van der Waals surface area contributed by atoms with E-state index in [1.54, 1.807) is 25.4 Å². The molecule has 4 aromatic rings. The van der Waals surface area contributed by atoms with Crippen LogP contribution in [0.3, 0.4) is 0 Å². The van der Waals surface area contributed by atoms with Crippen molar-refractivity contribution in [3.05, 3.63) is 60.0 Å². The molecule has 0 unspecified atom stereocenters. The quantitative estimate of drug-likeness (QED) is 0.501. The van der Waals surface area contributed by atoms with Gasteiger partial charge in [-0.05, 0) is 29.8 Å². The van der Waals surface area contributed by atoms with Crippen LogP contribution in [0.4, 0.5) is 0 Å². The second-order valence-electron chi connectivity index (χ2n) is 5.42. The minimum atomic E-state index is 0.454. The summed E-state index contributed by atoms with van der Waals surface area (Å²) in [6.07, 6.45) is 5.49. The van der Waals surface area contributed by atoms with Gasteiger partial charge in [-0.15, -0.1) is 10.2 Å². The van der Waals surface area contributed by atoms with Gasteiger partial charge in [0.05, 0.1) is 18.2 Å². The van der Waals surface area contributed by atoms with E-state index < -0.39 is 0 Å². The van der Waals surface area contributed by atoms with Gasteiger partial charge in [0.2, 0.25) is 5.89 Å². The summed E-state index contributed by atoms with van der Waals surface area (Å²) in [7, 11) is 1.55. The Bertz CT molecular complexity index is 1110. The third kappa shape index (κ3) is 3.12. The molecule has 0 fully saturated rings. The molecule has 7 nitrogen and oxygen atoms in total. The Morgan fingerprint density at radius 1 is 1.27 bits per heavy atom. The molecule has 8 heteroatoms. The summed E-state index contributed by atoms with van der Waals surface area (Å²) in [5.74, 6) is 1.63. The summed E-state index contributed by atoms with van der Waals surface area (Å²) in [5, 5.41) is 17.8. The van der Waals surface area contributed by atoms with Gasteiger partial charge < -0.3 is 13.6 Å². The molecule has 0 atom stereocenters. The monoisotopic (exact) mass is 363 g/mol. The van der Waals surface area contributed by atoms with E-state index in [1.165, 1.54) is 11.8 Å². The highest BCUT2D eigenvalue weighted by Gasteiger charge is 2.11. The molecule has 0 N–H and O–H groups in total. The number of thioether (sulfide) groups is 1. The lowest BCUT2D eigenvalue weighted by molar-refractivity contribution is 0.413. The van der Waals surface area contributed by atoms with Gasteiger partial charge in [-0.2, -0.15) is 5.26 Å². The van der Waals surface area contributed by atoms with Crippen molar-refractivity contribution in [2.24, 2.45) is 0 Å². The summed E-state index contributed by atoms with van der Waals surface area (Å²) >= 11 is 1.42. The Labute approximate surface area is 153 Å². The summed E-state index contributed by atoms with van der Waals surface area (Å²) < 4.78 is 12.8. The van der Waals surface area contributed by atoms with Crippen LogP contribution >= 0.6 is 11.8 Å². The van der Waals surface area contributed by atoms with Crippen molar-refractivity contribution in [1.82, 2.24) is 19.6 Å². The number of aromatic nitrogens is 4. The van der Waals surface area contributed by atoms with Crippen molar-refractivity contribution in [3.8, 4) is 23.3 Å². The van der Waals surface area contributed by atoms with E-state index in [9.17, 15) is 0 Å². The van der Waals surface area contributed by atoms with Gasteiger partial charge in [-0.3, -0.25) is 0 Å². The first-order valence-corrected chi connectivity index (χ1v) is 8.72. The minimum absolute atomic E-state index is 0.454. The molecule has 1 aromatic carbocycles. The lowest BCUT2D eigenvalue weighted by Gasteiger charge is -2.04. The second-order valence-corrected chi connectivity index (χ2v) is 6.35. The number of benzene rings is 1. The number of imidazole rings is 1. The number of nitrogens with zero attached hydrogens (tertiary/aromatic N) is 5. The van der Waals surface area contributed by atoms with Crippen LogP contribution in [0.5, 0.6) is 5.75 Å². The third-order valence-corrected chi connectivity index (χ3v) is 4.68. The predicted octanol–water partition coefficient (Wildman–Crippen LogP) is 3.56. The fraction of sp³-hybridized carbons (Fsp3) is 0.111. The molecular weight excluding hydrogens is 350 g/mol. The van der Waals surface area contributed by atoms with E-state index in [-0.39, 0.29) is 0 Å². The van der Waals surface area contributed by atoms with E-state index in [4.69, 9.17) is 14.4 Å². The highest BCUT2D eigenvalue weighted by atomic mass is 32.2. The molecule has 0 radical (unpaired) electrons. The normalized spacial score (nSPS) is 10.8. The van der Waals surface area contributed by atoms with Gasteiger partial charge in [-0.25, -0.2) is 4.98 Å². The van der Waals surface area contributed by atoms with Crippen LogP contribution in [-0.4, -0.2) is 26.7 Å². The van der Waals surface area contributed by atoms with Crippen LogP contribution in [0.15, 0.2) is 58.6 Å². The Morgan fingerprint density at radius 2 is 2.19 bits per heavy atom. The summed E-state index contributed by atoms with van der Waals surface area (Å²) in [6.45, 7) is 0. The lowest BCUT2D eigenvalue weighted by Crippen LogP contribution is -1.90. The van der Waals surface area contributed by atoms with Crippen LogP contribution in [-0.2, 0) is 5.75 Å². The zero-order chi connectivity index (χ0) is 17.9. The molecule has 0 saturated heterocycles. The van der Waals surface area contributed by atoms with E-state index in [1.807, 2.05) is 35.0 Å². The number of hydrogen-bond acceptors (Lipinski definition) is 7. The number of hydrogen-bond donors (Lipinski definition) is 0. The van der Waals surface area contributed by atoms with Crippen molar-refractivity contribution in [2.75, 3.05) is 7.11 Å². The Morgan fingerprint density at radius 3 is 3.04 bits per heavy atom. The number of methoxy groups -OCH3 is 1. The minimum Gasteiger partial charge on any atom is -0.495 e. The second kappa shape index (κ2) is 6.90. The molecule has 0 bridgehead atoms. The highest BCUT2D eigenvalue weighted by molar-refractivity contribution is 7.98.